The molecule has 2 rings (SSSR count). The van der Waals surface area contributed by atoms with Gasteiger partial charge in [0.05, 0.1) is 10.7 Å². The van der Waals surface area contributed by atoms with Crippen LogP contribution in [0.2, 0.25) is 5.02 Å². The molecule has 0 aromatic heterocycles. The van der Waals surface area contributed by atoms with Crippen LogP contribution in [-0.4, -0.2) is 21.1 Å². The van der Waals surface area contributed by atoms with E-state index in [9.17, 15) is 9.00 Å². The SMILES string of the molecule is CC1CCCC(S(=O)CC(=O)Nc2ccc(Cl)c(N)c2)C1. The lowest BCUT2D eigenvalue weighted by molar-refractivity contribution is -0.113. The van der Waals surface area contributed by atoms with Crippen molar-refractivity contribution in [2.24, 2.45) is 5.92 Å². The molecule has 1 aromatic rings. The molecule has 6 heteroatoms. The molecule has 3 atom stereocenters. The van der Waals surface area contributed by atoms with E-state index in [4.69, 9.17) is 17.3 Å². The number of hydrogen-bond acceptors (Lipinski definition) is 3. The van der Waals surface area contributed by atoms with Crippen LogP contribution in [-0.2, 0) is 15.6 Å². The molecule has 21 heavy (non-hydrogen) atoms. The number of nitrogen functional groups attached to an aromatic ring is 1. The highest BCUT2D eigenvalue weighted by molar-refractivity contribution is 7.86. The first kappa shape index (κ1) is 16.3. The summed E-state index contributed by atoms with van der Waals surface area (Å²) in [5, 5.41) is 3.32. The minimum atomic E-state index is -1.11. The highest BCUT2D eigenvalue weighted by Gasteiger charge is 2.25. The molecule has 0 spiro atoms. The number of carbonyl (C=O) groups is 1. The third-order valence-corrected chi connectivity index (χ3v) is 5.88. The molecular formula is C15H21ClN2O2S. The van der Waals surface area contributed by atoms with Crippen LogP contribution >= 0.6 is 11.6 Å². The van der Waals surface area contributed by atoms with E-state index in [1.54, 1.807) is 18.2 Å². The third-order valence-electron chi connectivity index (χ3n) is 3.81. The van der Waals surface area contributed by atoms with Crippen molar-refractivity contribution in [2.75, 3.05) is 16.8 Å². The van der Waals surface area contributed by atoms with Crippen LogP contribution in [0.25, 0.3) is 0 Å². The van der Waals surface area contributed by atoms with Crippen molar-refractivity contribution in [3.8, 4) is 0 Å². The Hall–Kier alpha value is -1.07. The summed E-state index contributed by atoms with van der Waals surface area (Å²) in [7, 11) is -1.11. The lowest BCUT2D eigenvalue weighted by Gasteiger charge is -2.25. The van der Waals surface area contributed by atoms with Crippen molar-refractivity contribution in [3.05, 3.63) is 23.2 Å². The Morgan fingerprint density at radius 2 is 2.24 bits per heavy atom. The number of nitrogens with one attached hydrogen (secondary N) is 1. The van der Waals surface area contributed by atoms with E-state index in [1.807, 2.05) is 0 Å². The summed E-state index contributed by atoms with van der Waals surface area (Å²) in [6.45, 7) is 2.18. The Labute approximate surface area is 132 Å². The van der Waals surface area contributed by atoms with Gasteiger partial charge >= 0.3 is 0 Å². The summed E-state index contributed by atoms with van der Waals surface area (Å²) in [6.07, 6.45) is 4.21. The van der Waals surface area contributed by atoms with E-state index < -0.39 is 10.8 Å². The maximum Gasteiger partial charge on any atom is 0.237 e. The summed E-state index contributed by atoms with van der Waals surface area (Å²) in [6, 6.07) is 4.92. The van der Waals surface area contributed by atoms with Gasteiger partial charge in [0.15, 0.2) is 0 Å². The number of anilines is 2. The molecule has 0 heterocycles. The minimum absolute atomic E-state index is 0.0416. The monoisotopic (exact) mass is 328 g/mol. The normalized spacial score (nSPS) is 23.5. The Morgan fingerprint density at radius 1 is 1.48 bits per heavy atom. The second kappa shape index (κ2) is 7.27. The highest BCUT2D eigenvalue weighted by atomic mass is 35.5. The predicted molar refractivity (Wildman–Crippen MR) is 88.9 cm³/mol. The average Bonchev–Trinajstić information content (AvgIpc) is 2.43. The van der Waals surface area contributed by atoms with Crippen molar-refractivity contribution in [1.82, 2.24) is 0 Å². The van der Waals surface area contributed by atoms with Crippen molar-refractivity contribution < 1.29 is 9.00 Å². The first-order valence-corrected chi connectivity index (χ1v) is 8.93. The third kappa shape index (κ3) is 4.71. The summed E-state index contributed by atoms with van der Waals surface area (Å²) in [5.41, 5.74) is 6.68. The molecule has 1 saturated carbocycles. The van der Waals surface area contributed by atoms with Crippen molar-refractivity contribution >= 4 is 39.7 Å². The molecule has 1 aliphatic carbocycles. The molecule has 1 aromatic carbocycles. The first-order chi connectivity index (χ1) is 9.95. The summed E-state index contributed by atoms with van der Waals surface area (Å²) < 4.78 is 12.3. The molecule has 1 aliphatic rings. The number of nitrogens with two attached hydrogens (primary N) is 1. The van der Waals surface area contributed by atoms with Gasteiger partial charge in [-0.25, -0.2) is 0 Å². The van der Waals surface area contributed by atoms with Crippen molar-refractivity contribution in [2.45, 2.75) is 37.9 Å². The lowest BCUT2D eigenvalue weighted by atomic mass is 9.91. The zero-order chi connectivity index (χ0) is 15.4. The van der Waals surface area contributed by atoms with E-state index >= 15 is 0 Å². The molecular weight excluding hydrogens is 308 g/mol. The quantitative estimate of drug-likeness (QED) is 0.834. The van der Waals surface area contributed by atoms with E-state index in [2.05, 4.69) is 12.2 Å². The largest absolute Gasteiger partial charge is 0.397 e. The highest BCUT2D eigenvalue weighted by Crippen LogP contribution is 2.27. The van der Waals surface area contributed by atoms with Gasteiger partial charge in [-0.3, -0.25) is 9.00 Å². The van der Waals surface area contributed by atoms with Crippen LogP contribution in [0.5, 0.6) is 0 Å². The van der Waals surface area contributed by atoms with Gasteiger partial charge < -0.3 is 11.1 Å². The van der Waals surface area contributed by atoms with E-state index in [-0.39, 0.29) is 16.9 Å². The van der Waals surface area contributed by atoms with Gasteiger partial charge in [-0.1, -0.05) is 31.4 Å². The van der Waals surface area contributed by atoms with Gasteiger partial charge in [-0.2, -0.15) is 0 Å². The number of carbonyl (C=O) groups excluding carboxylic acids is 1. The van der Waals surface area contributed by atoms with Gasteiger partial charge in [0.2, 0.25) is 5.91 Å². The fourth-order valence-electron chi connectivity index (χ4n) is 2.68. The second-order valence-electron chi connectivity index (χ2n) is 5.70. The van der Waals surface area contributed by atoms with Crippen LogP contribution in [0.15, 0.2) is 18.2 Å². The molecule has 3 N–H and O–H groups in total. The molecule has 0 saturated heterocycles. The topological polar surface area (TPSA) is 72.2 Å². The maximum atomic E-state index is 12.3. The van der Waals surface area contributed by atoms with E-state index in [1.165, 1.54) is 6.42 Å². The summed E-state index contributed by atoms with van der Waals surface area (Å²) in [4.78, 5) is 12.0. The Bertz CT molecular complexity index is 550. The van der Waals surface area contributed by atoms with Crippen LogP contribution in [0.3, 0.4) is 0 Å². The summed E-state index contributed by atoms with van der Waals surface area (Å²) in [5.74, 6) is 0.403. The zero-order valence-corrected chi connectivity index (χ0v) is 13.7. The summed E-state index contributed by atoms with van der Waals surface area (Å²) >= 11 is 5.83. The molecule has 1 fully saturated rings. The Kier molecular flexibility index (Phi) is 5.65. The minimum Gasteiger partial charge on any atom is -0.397 e. The number of halogens is 1. The molecule has 1 amide bonds. The Balaban J connectivity index is 1.88. The smallest absolute Gasteiger partial charge is 0.237 e. The first-order valence-electron chi connectivity index (χ1n) is 7.17. The van der Waals surface area contributed by atoms with Gasteiger partial charge in [0.25, 0.3) is 0 Å². The maximum absolute atomic E-state index is 12.3. The molecule has 3 unspecified atom stereocenters. The molecule has 0 aliphatic heterocycles. The number of benzene rings is 1. The predicted octanol–water partition coefficient (Wildman–Crippen LogP) is 3.19. The van der Waals surface area contributed by atoms with Gasteiger partial charge in [-0.05, 0) is 37.0 Å². The van der Waals surface area contributed by atoms with Gasteiger partial charge in [0.1, 0.15) is 5.75 Å². The second-order valence-corrected chi connectivity index (χ2v) is 7.83. The van der Waals surface area contributed by atoms with Gasteiger partial charge in [-0.15, -0.1) is 0 Å². The fourth-order valence-corrected chi connectivity index (χ4v) is 4.34. The van der Waals surface area contributed by atoms with Crippen LogP contribution < -0.4 is 11.1 Å². The molecule has 0 radical (unpaired) electrons. The number of hydrogen-bond donors (Lipinski definition) is 2. The number of amides is 1. The van der Waals surface area contributed by atoms with Crippen LogP contribution in [0, 0.1) is 5.92 Å². The van der Waals surface area contributed by atoms with Crippen LogP contribution in [0.4, 0.5) is 11.4 Å². The number of rotatable bonds is 4. The lowest BCUT2D eigenvalue weighted by Crippen LogP contribution is -2.29. The fraction of sp³-hybridized carbons (Fsp3) is 0.533. The Morgan fingerprint density at radius 3 is 2.90 bits per heavy atom. The van der Waals surface area contributed by atoms with E-state index in [0.29, 0.717) is 22.3 Å². The van der Waals surface area contributed by atoms with Crippen molar-refractivity contribution in [3.63, 3.8) is 0 Å². The van der Waals surface area contributed by atoms with Gasteiger partial charge in [0, 0.05) is 21.7 Å². The molecule has 0 bridgehead atoms. The molecule has 4 nitrogen and oxygen atoms in total. The molecule has 116 valence electrons. The standard InChI is InChI=1S/C15H21ClN2O2S/c1-10-3-2-4-12(7-10)21(20)9-15(19)18-11-5-6-13(16)14(17)8-11/h5-6,8,10,12H,2-4,7,9,17H2,1H3,(H,18,19). The average molecular weight is 329 g/mol. The van der Waals surface area contributed by atoms with Crippen LogP contribution in [0.1, 0.15) is 32.6 Å². The zero-order valence-electron chi connectivity index (χ0n) is 12.1. The van der Waals surface area contributed by atoms with Crippen molar-refractivity contribution in [1.29, 1.82) is 0 Å². The van der Waals surface area contributed by atoms with E-state index in [0.717, 1.165) is 19.3 Å².